The number of aromatic amines is 1. The fraction of sp³-hybridized carbons (Fsp3) is 0.579. The zero-order valence-electron chi connectivity index (χ0n) is 15.4. The Morgan fingerprint density at radius 1 is 1.38 bits per heavy atom. The van der Waals surface area contributed by atoms with Gasteiger partial charge in [0, 0.05) is 37.4 Å². The van der Waals surface area contributed by atoms with Gasteiger partial charge in [0.15, 0.2) is 0 Å². The van der Waals surface area contributed by atoms with E-state index in [4.69, 9.17) is 5.73 Å². The lowest BCUT2D eigenvalue weighted by molar-refractivity contribution is -0.117. The Bertz CT molecular complexity index is 799. The molecule has 26 heavy (non-hydrogen) atoms. The Kier molecular flexibility index (Phi) is 5.44. The molecule has 1 aliphatic heterocycles. The SMILES string of the molecule is CC(C)c1cnc2[nH]cc(NC(=O)C3CC3)c2c1N1CCCC(N)C1.Cl. The second-order valence-corrected chi connectivity index (χ2v) is 7.75. The molecule has 1 unspecified atom stereocenters. The number of carbonyl (C=O) groups excluding carboxylic acids is 1. The standard InChI is InChI=1S/C19H27N5O.ClH/c1-11(2)14-8-21-18-16(17(14)24-7-3-4-13(20)10-24)15(9-22-18)23-19(25)12-5-6-12;/h8-9,11-13H,3-7,10,20H2,1-2H3,(H,21,22)(H,23,25);1H. The molecule has 7 heteroatoms. The van der Waals surface area contributed by atoms with Gasteiger partial charge in [-0.05, 0) is 37.2 Å². The molecule has 0 radical (unpaired) electrons. The van der Waals surface area contributed by atoms with E-state index >= 15 is 0 Å². The molecule has 2 fully saturated rings. The molecule has 142 valence electrons. The highest BCUT2D eigenvalue weighted by Gasteiger charge is 2.31. The van der Waals surface area contributed by atoms with Crippen LogP contribution in [0.5, 0.6) is 0 Å². The van der Waals surface area contributed by atoms with E-state index in [1.54, 1.807) is 0 Å². The maximum Gasteiger partial charge on any atom is 0.227 e. The smallest absolute Gasteiger partial charge is 0.227 e. The molecule has 3 heterocycles. The summed E-state index contributed by atoms with van der Waals surface area (Å²) in [6.07, 6.45) is 7.99. The summed E-state index contributed by atoms with van der Waals surface area (Å²) >= 11 is 0. The van der Waals surface area contributed by atoms with Crippen molar-refractivity contribution in [2.75, 3.05) is 23.3 Å². The number of anilines is 2. The first kappa shape index (κ1) is 19.0. The summed E-state index contributed by atoms with van der Waals surface area (Å²) in [5, 5.41) is 4.14. The molecule has 1 atom stereocenters. The van der Waals surface area contributed by atoms with Gasteiger partial charge in [-0.3, -0.25) is 4.79 Å². The number of hydrogen-bond acceptors (Lipinski definition) is 4. The highest BCUT2D eigenvalue weighted by Crippen LogP contribution is 2.40. The maximum atomic E-state index is 12.3. The van der Waals surface area contributed by atoms with E-state index in [-0.39, 0.29) is 30.3 Å². The molecule has 1 saturated carbocycles. The van der Waals surface area contributed by atoms with Gasteiger partial charge in [0.1, 0.15) is 5.65 Å². The molecule has 4 rings (SSSR count). The van der Waals surface area contributed by atoms with E-state index in [0.717, 1.165) is 55.5 Å². The van der Waals surface area contributed by atoms with Gasteiger partial charge in [0.2, 0.25) is 5.91 Å². The maximum absolute atomic E-state index is 12.3. The van der Waals surface area contributed by atoms with Gasteiger partial charge in [-0.25, -0.2) is 4.98 Å². The first-order chi connectivity index (χ1) is 12.0. The van der Waals surface area contributed by atoms with Crippen LogP contribution in [0, 0.1) is 5.92 Å². The second kappa shape index (κ2) is 7.45. The Balaban J connectivity index is 0.00000196. The van der Waals surface area contributed by atoms with Crippen LogP contribution in [0.2, 0.25) is 0 Å². The van der Waals surface area contributed by atoms with Gasteiger partial charge in [0.05, 0.1) is 16.8 Å². The summed E-state index contributed by atoms with van der Waals surface area (Å²) in [7, 11) is 0. The molecule has 0 spiro atoms. The van der Waals surface area contributed by atoms with Crippen LogP contribution in [0.15, 0.2) is 12.4 Å². The highest BCUT2D eigenvalue weighted by atomic mass is 35.5. The predicted molar refractivity (Wildman–Crippen MR) is 108 cm³/mol. The molecule has 0 aromatic carbocycles. The van der Waals surface area contributed by atoms with Crippen molar-refractivity contribution in [3.05, 3.63) is 18.0 Å². The third kappa shape index (κ3) is 3.53. The van der Waals surface area contributed by atoms with E-state index < -0.39 is 0 Å². The molecule has 2 aromatic heterocycles. The van der Waals surface area contributed by atoms with Crippen LogP contribution in [-0.4, -0.2) is 35.0 Å². The monoisotopic (exact) mass is 377 g/mol. The van der Waals surface area contributed by atoms with Crippen LogP contribution in [0.1, 0.15) is 51.0 Å². The number of nitrogens with one attached hydrogen (secondary N) is 2. The third-order valence-electron chi connectivity index (χ3n) is 5.30. The number of carbonyl (C=O) groups is 1. The van der Waals surface area contributed by atoms with Crippen molar-refractivity contribution in [1.82, 2.24) is 9.97 Å². The first-order valence-corrected chi connectivity index (χ1v) is 9.36. The second-order valence-electron chi connectivity index (χ2n) is 7.75. The van der Waals surface area contributed by atoms with E-state index in [2.05, 4.69) is 34.0 Å². The zero-order chi connectivity index (χ0) is 17.6. The van der Waals surface area contributed by atoms with Crippen molar-refractivity contribution in [1.29, 1.82) is 0 Å². The van der Waals surface area contributed by atoms with Crippen molar-refractivity contribution in [2.45, 2.75) is 51.5 Å². The molecule has 2 aliphatic rings. The minimum Gasteiger partial charge on any atom is -0.369 e. The minimum absolute atomic E-state index is 0. The summed E-state index contributed by atoms with van der Waals surface area (Å²) < 4.78 is 0. The van der Waals surface area contributed by atoms with Gasteiger partial charge < -0.3 is 20.9 Å². The summed E-state index contributed by atoms with van der Waals surface area (Å²) in [5.41, 5.74) is 10.3. The molecule has 0 bridgehead atoms. The molecule has 1 amide bonds. The van der Waals surface area contributed by atoms with Gasteiger partial charge in [-0.15, -0.1) is 12.4 Å². The summed E-state index contributed by atoms with van der Waals surface area (Å²) in [4.78, 5) is 22.5. The summed E-state index contributed by atoms with van der Waals surface area (Å²) in [5.74, 6) is 0.655. The van der Waals surface area contributed by atoms with Crippen molar-refractivity contribution in [3.63, 3.8) is 0 Å². The highest BCUT2D eigenvalue weighted by molar-refractivity contribution is 6.08. The number of rotatable bonds is 4. The van der Waals surface area contributed by atoms with Gasteiger partial charge in [-0.2, -0.15) is 0 Å². The summed E-state index contributed by atoms with van der Waals surface area (Å²) in [6.45, 7) is 6.21. The Morgan fingerprint density at radius 3 is 2.81 bits per heavy atom. The number of hydrogen-bond donors (Lipinski definition) is 3. The van der Waals surface area contributed by atoms with E-state index in [1.165, 1.54) is 11.3 Å². The lowest BCUT2D eigenvalue weighted by atomic mass is 9.97. The number of nitrogens with two attached hydrogens (primary N) is 1. The third-order valence-corrected chi connectivity index (χ3v) is 5.30. The number of halogens is 1. The quantitative estimate of drug-likeness (QED) is 0.762. The Hall–Kier alpha value is -1.79. The molecule has 4 N–H and O–H groups in total. The Labute approximate surface area is 160 Å². The van der Waals surface area contributed by atoms with Gasteiger partial charge in [0.25, 0.3) is 0 Å². The molecular formula is C19H28ClN5O. The normalized spacial score (nSPS) is 20.3. The van der Waals surface area contributed by atoms with E-state index in [0.29, 0.717) is 5.92 Å². The van der Waals surface area contributed by atoms with Crippen LogP contribution in [0.3, 0.4) is 0 Å². The molecular weight excluding hydrogens is 350 g/mol. The van der Waals surface area contributed by atoms with E-state index in [1.807, 2.05) is 12.4 Å². The molecule has 6 nitrogen and oxygen atoms in total. The van der Waals surface area contributed by atoms with Crippen LogP contribution >= 0.6 is 12.4 Å². The predicted octanol–water partition coefficient (Wildman–Crippen LogP) is 3.38. The van der Waals surface area contributed by atoms with Crippen molar-refractivity contribution in [3.8, 4) is 0 Å². The topological polar surface area (TPSA) is 87.0 Å². The lowest BCUT2D eigenvalue weighted by Crippen LogP contribution is -2.43. The average Bonchev–Trinajstić information content (AvgIpc) is 3.36. The number of piperidine rings is 1. The molecule has 1 aliphatic carbocycles. The van der Waals surface area contributed by atoms with Crippen LogP contribution in [0.4, 0.5) is 11.4 Å². The van der Waals surface area contributed by atoms with Crippen LogP contribution in [-0.2, 0) is 4.79 Å². The zero-order valence-corrected chi connectivity index (χ0v) is 16.2. The Morgan fingerprint density at radius 2 is 2.15 bits per heavy atom. The van der Waals surface area contributed by atoms with Gasteiger partial charge >= 0.3 is 0 Å². The number of H-pyrrole nitrogens is 1. The summed E-state index contributed by atoms with van der Waals surface area (Å²) in [6, 6.07) is 0.195. The van der Waals surface area contributed by atoms with Crippen molar-refractivity contribution in [2.24, 2.45) is 11.7 Å². The number of pyridine rings is 1. The van der Waals surface area contributed by atoms with E-state index in [9.17, 15) is 4.79 Å². The lowest BCUT2D eigenvalue weighted by Gasteiger charge is -2.35. The van der Waals surface area contributed by atoms with Crippen molar-refractivity contribution >= 4 is 40.7 Å². The van der Waals surface area contributed by atoms with Crippen molar-refractivity contribution < 1.29 is 4.79 Å². The van der Waals surface area contributed by atoms with Crippen LogP contribution in [0.25, 0.3) is 11.0 Å². The van der Waals surface area contributed by atoms with Crippen LogP contribution < -0.4 is 16.0 Å². The number of aromatic nitrogens is 2. The fourth-order valence-corrected chi connectivity index (χ4v) is 3.75. The largest absolute Gasteiger partial charge is 0.369 e. The first-order valence-electron chi connectivity index (χ1n) is 9.36. The molecule has 1 saturated heterocycles. The van der Waals surface area contributed by atoms with Gasteiger partial charge in [-0.1, -0.05) is 13.8 Å². The number of nitrogens with zero attached hydrogens (tertiary/aromatic N) is 2. The number of amides is 1. The minimum atomic E-state index is 0. The molecule has 2 aromatic rings. The average molecular weight is 378 g/mol. The fourth-order valence-electron chi connectivity index (χ4n) is 3.75. The number of fused-ring (bicyclic) bond motifs is 1.